The van der Waals surface area contributed by atoms with E-state index in [9.17, 15) is 8.78 Å². The summed E-state index contributed by atoms with van der Waals surface area (Å²) in [5.41, 5.74) is 0.852. The third kappa shape index (κ3) is 4.23. The molecule has 0 aliphatic rings. The Kier molecular flexibility index (Phi) is 5.00. The molecular weight excluding hydrogens is 280 g/mol. The van der Waals surface area contributed by atoms with Crippen molar-refractivity contribution >= 4 is 16.5 Å². The average molecular weight is 297 g/mol. The first kappa shape index (κ1) is 14.8. The number of hydrogen-bond acceptors (Lipinski definition) is 4. The lowest BCUT2D eigenvalue weighted by Crippen LogP contribution is -1.99. The lowest BCUT2D eigenvalue weighted by atomic mass is 10.1. The zero-order valence-corrected chi connectivity index (χ0v) is 12.3. The Morgan fingerprint density at radius 2 is 2.05 bits per heavy atom. The van der Waals surface area contributed by atoms with E-state index in [0.29, 0.717) is 12.5 Å². The van der Waals surface area contributed by atoms with Crippen molar-refractivity contribution in [1.29, 1.82) is 0 Å². The smallest absolute Gasteiger partial charge is 0.263 e. The van der Waals surface area contributed by atoms with Gasteiger partial charge >= 0.3 is 0 Å². The van der Waals surface area contributed by atoms with Gasteiger partial charge in [0, 0.05) is 18.5 Å². The van der Waals surface area contributed by atoms with Crippen LogP contribution in [0.3, 0.4) is 0 Å². The van der Waals surface area contributed by atoms with Crippen LogP contribution in [0.1, 0.15) is 36.4 Å². The number of nitrogens with one attached hydrogen (secondary N) is 1. The first-order valence-electron chi connectivity index (χ1n) is 6.48. The summed E-state index contributed by atoms with van der Waals surface area (Å²) < 4.78 is 25.2. The summed E-state index contributed by atoms with van der Waals surface area (Å²) in [6.07, 6.45) is -1.53. The number of rotatable bonds is 6. The highest BCUT2D eigenvalue weighted by atomic mass is 32.1. The zero-order chi connectivity index (χ0) is 14.5. The lowest BCUT2D eigenvalue weighted by Gasteiger charge is -2.05. The summed E-state index contributed by atoms with van der Waals surface area (Å²) in [5.74, 6) is 0.540. The number of nitrogens with zero attached hydrogens (tertiary/aromatic N) is 2. The number of anilines is 1. The van der Waals surface area contributed by atoms with E-state index in [4.69, 9.17) is 0 Å². The van der Waals surface area contributed by atoms with E-state index in [1.165, 1.54) is 23.5 Å². The van der Waals surface area contributed by atoms with Gasteiger partial charge in [-0.25, -0.2) is 8.78 Å². The fourth-order valence-electron chi connectivity index (χ4n) is 1.77. The van der Waals surface area contributed by atoms with Crippen LogP contribution in [0, 0.1) is 5.92 Å². The number of benzene rings is 1. The molecule has 1 aromatic heterocycles. The summed E-state index contributed by atoms with van der Waals surface area (Å²) in [7, 11) is 0. The van der Waals surface area contributed by atoms with Crippen LogP contribution in [-0.2, 0) is 13.0 Å². The third-order valence-electron chi connectivity index (χ3n) is 2.70. The van der Waals surface area contributed by atoms with Crippen LogP contribution in [0.15, 0.2) is 24.3 Å². The molecule has 1 heterocycles. The van der Waals surface area contributed by atoms with Crippen molar-refractivity contribution in [2.75, 3.05) is 5.32 Å². The van der Waals surface area contributed by atoms with Gasteiger partial charge in [0.25, 0.3) is 6.43 Å². The molecule has 0 fully saturated rings. The second-order valence-electron chi connectivity index (χ2n) is 5.00. The maximum absolute atomic E-state index is 12.6. The minimum atomic E-state index is -2.44. The minimum Gasteiger partial charge on any atom is -0.356 e. The second-order valence-corrected chi connectivity index (χ2v) is 6.06. The van der Waals surface area contributed by atoms with E-state index in [1.807, 2.05) is 6.07 Å². The van der Waals surface area contributed by atoms with Crippen molar-refractivity contribution in [3.05, 3.63) is 40.4 Å². The molecular formula is C14H17F2N3S. The Hall–Kier alpha value is -1.56. The van der Waals surface area contributed by atoms with Gasteiger partial charge in [-0.1, -0.05) is 43.4 Å². The standard InChI is InChI=1S/C14H17F2N3S/c1-9(2)6-12-18-19-14(20-12)17-8-10-4-3-5-11(7-10)13(15)16/h3-5,7,9,13H,6,8H2,1-2H3,(H,17,19). The normalized spacial score (nSPS) is 11.3. The van der Waals surface area contributed by atoms with E-state index in [0.717, 1.165) is 22.1 Å². The average Bonchev–Trinajstić information content (AvgIpc) is 2.83. The molecule has 0 saturated carbocycles. The van der Waals surface area contributed by atoms with Gasteiger partial charge in [0.1, 0.15) is 5.01 Å². The van der Waals surface area contributed by atoms with E-state index in [2.05, 4.69) is 29.4 Å². The molecule has 0 spiro atoms. The SMILES string of the molecule is CC(C)Cc1nnc(NCc2cccc(C(F)F)c2)s1. The molecule has 0 aliphatic heterocycles. The van der Waals surface area contributed by atoms with Crippen molar-refractivity contribution in [3.8, 4) is 0 Å². The third-order valence-corrected chi connectivity index (χ3v) is 3.60. The number of aromatic nitrogens is 2. The maximum atomic E-state index is 12.6. The van der Waals surface area contributed by atoms with Crippen LogP contribution in [0.5, 0.6) is 0 Å². The summed E-state index contributed by atoms with van der Waals surface area (Å²) in [6, 6.07) is 6.39. The predicted molar refractivity (Wildman–Crippen MR) is 77.2 cm³/mol. The largest absolute Gasteiger partial charge is 0.356 e. The summed E-state index contributed by atoms with van der Waals surface area (Å²) in [6.45, 7) is 4.73. The van der Waals surface area contributed by atoms with E-state index in [1.54, 1.807) is 6.07 Å². The Bertz CT molecular complexity index is 555. The molecule has 0 atom stereocenters. The van der Waals surface area contributed by atoms with Crippen LogP contribution < -0.4 is 5.32 Å². The number of halogens is 2. The molecule has 1 aromatic carbocycles. The van der Waals surface area contributed by atoms with Crippen LogP contribution in [-0.4, -0.2) is 10.2 Å². The topological polar surface area (TPSA) is 37.8 Å². The second kappa shape index (κ2) is 6.74. The first-order valence-corrected chi connectivity index (χ1v) is 7.29. The molecule has 0 radical (unpaired) electrons. The summed E-state index contributed by atoms with van der Waals surface area (Å²) in [4.78, 5) is 0. The molecule has 6 heteroatoms. The fourth-order valence-corrected chi connectivity index (χ4v) is 2.72. The molecule has 0 unspecified atom stereocenters. The van der Waals surface area contributed by atoms with Crippen molar-refractivity contribution < 1.29 is 8.78 Å². The van der Waals surface area contributed by atoms with E-state index < -0.39 is 6.43 Å². The highest BCUT2D eigenvalue weighted by molar-refractivity contribution is 7.15. The summed E-state index contributed by atoms with van der Waals surface area (Å²) in [5, 5.41) is 13.0. The Balaban J connectivity index is 1.94. The molecule has 20 heavy (non-hydrogen) atoms. The summed E-state index contributed by atoms with van der Waals surface area (Å²) >= 11 is 1.51. The molecule has 0 bridgehead atoms. The van der Waals surface area contributed by atoms with Crippen molar-refractivity contribution in [2.45, 2.75) is 33.2 Å². The van der Waals surface area contributed by atoms with Crippen molar-refractivity contribution in [1.82, 2.24) is 10.2 Å². The highest BCUT2D eigenvalue weighted by Gasteiger charge is 2.08. The number of alkyl halides is 2. The Morgan fingerprint density at radius 1 is 1.25 bits per heavy atom. The van der Waals surface area contributed by atoms with Gasteiger partial charge in [0.2, 0.25) is 5.13 Å². The van der Waals surface area contributed by atoms with Crippen LogP contribution in [0.2, 0.25) is 0 Å². The maximum Gasteiger partial charge on any atom is 0.263 e. The van der Waals surface area contributed by atoms with Gasteiger partial charge in [0.05, 0.1) is 0 Å². The molecule has 2 rings (SSSR count). The Morgan fingerprint density at radius 3 is 2.75 bits per heavy atom. The molecule has 0 amide bonds. The highest BCUT2D eigenvalue weighted by Crippen LogP contribution is 2.21. The van der Waals surface area contributed by atoms with Gasteiger partial charge in [-0.05, 0) is 17.5 Å². The van der Waals surface area contributed by atoms with Crippen LogP contribution >= 0.6 is 11.3 Å². The zero-order valence-electron chi connectivity index (χ0n) is 11.4. The Labute approximate surface area is 121 Å². The number of hydrogen-bond donors (Lipinski definition) is 1. The molecule has 0 aliphatic carbocycles. The lowest BCUT2D eigenvalue weighted by molar-refractivity contribution is 0.151. The molecule has 3 nitrogen and oxygen atoms in total. The molecule has 1 N–H and O–H groups in total. The van der Waals surface area contributed by atoms with Crippen LogP contribution in [0.4, 0.5) is 13.9 Å². The van der Waals surface area contributed by atoms with E-state index >= 15 is 0 Å². The van der Waals surface area contributed by atoms with Crippen LogP contribution in [0.25, 0.3) is 0 Å². The van der Waals surface area contributed by atoms with Gasteiger partial charge in [0.15, 0.2) is 0 Å². The monoisotopic (exact) mass is 297 g/mol. The first-order chi connectivity index (χ1) is 9.54. The van der Waals surface area contributed by atoms with Crippen molar-refractivity contribution in [3.63, 3.8) is 0 Å². The van der Waals surface area contributed by atoms with Gasteiger partial charge in [-0.15, -0.1) is 10.2 Å². The molecule has 108 valence electrons. The quantitative estimate of drug-likeness (QED) is 0.864. The molecule has 0 saturated heterocycles. The predicted octanol–water partition coefficient (Wildman–Crippen LogP) is 4.29. The van der Waals surface area contributed by atoms with Gasteiger partial charge in [-0.3, -0.25) is 0 Å². The van der Waals surface area contributed by atoms with E-state index in [-0.39, 0.29) is 5.56 Å². The minimum absolute atomic E-state index is 0.0436. The van der Waals surface area contributed by atoms with Gasteiger partial charge < -0.3 is 5.32 Å². The van der Waals surface area contributed by atoms with Gasteiger partial charge in [-0.2, -0.15) is 0 Å². The fraction of sp³-hybridized carbons (Fsp3) is 0.429. The molecule has 2 aromatic rings. The van der Waals surface area contributed by atoms with Crippen molar-refractivity contribution in [2.24, 2.45) is 5.92 Å².